The maximum absolute atomic E-state index is 10.1. The SMILES string of the molecule is CC(O)C[C@@H]1c2cc(Cl)ccc2C=C(c2ccccc2)c2cc[nH]c21. The molecule has 2 nitrogen and oxygen atoms in total. The average molecular weight is 350 g/mol. The van der Waals surface area contributed by atoms with Crippen molar-refractivity contribution in [1.82, 2.24) is 4.98 Å². The van der Waals surface area contributed by atoms with Gasteiger partial charge in [-0.05, 0) is 59.9 Å². The van der Waals surface area contributed by atoms with Crippen molar-refractivity contribution in [3.05, 3.63) is 93.8 Å². The van der Waals surface area contributed by atoms with Crippen LogP contribution in [0.5, 0.6) is 0 Å². The zero-order valence-electron chi connectivity index (χ0n) is 14.0. The number of nitrogens with one attached hydrogen (secondary N) is 1. The summed E-state index contributed by atoms with van der Waals surface area (Å²) in [6, 6.07) is 18.6. The highest BCUT2D eigenvalue weighted by Gasteiger charge is 2.27. The zero-order chi connectivity index (χ0) is 17.4. The van der Waals surface area contributed by atoms with E-state index >= 15 is 0 Å². The second kappa shape index (κ2) is 6.55. The molecule has 3 heteroatoms. The fraction of sp³-hybridized carbons (Fsp3) is 0.182. The van der Waals surface area contributed by atoms with Crippen molar-refractivity contribution in [2.24, 2.45) is 0 Å². The van der Waals surface area contributed by atoms with Crippen molar-refractivity contribution >= 4 is 23.3 Å². The molecule has 2 N–H and O–H groups in total. The normalized spacial score (nSPS) is 17.2. The topological polar surface area (TPSA) is 36.0 Å². The fourth-order valence-electron chi connectivity index (χ4n) is 3.72. The largest absolute Gasteiger partial charge is 0.393 e. The van der Waals surface area contributed by atoms with Crippen LogP contribution in [0.1, 0.15) is 47.2 Å². The molecule has 0 amide bonds. The number of fused-ring (bicyclic) bond motifs is 2. The van der Waals surface area contributed by atoms with E-state index in [4.69, 9.17) is 11.6 Å². The zero-order valence-corrected chi connectivity index (χ0v) is 14.8. The summed E-state index contributed by atoms with van der Waals surface area (Å²) < 4.78 is 0. The Balaban J connectivity index is 1.98. The van der Waals surface area contributed by atoms with E-state index in [9.17, 15) is 5.11 Å². The lowest BCUT2D eigenvalue weighted by atomic mass is 9.87. The Bertz CT molecular complexity index is 924. The first-order chi connectivity index (χ1) is 12.1. The predicted octanol–water partition coefficient (Wildman–Crippen LogP) is 5.47. The maximum atomic E-state index is 10.1. The molecule has 0 fully saturated rings. The van der Waals surface area contributed by atoms with Crippen LogP contribution in [-0.2, 0) is 0 Å². The highest BCUT2D eigenvalue weighted by molar-refractivity contribution is 6.30. The van der Waals surface area contributed by atoms with Crippen LogP contribution in [-0.4, -0.2) is 16.2 Å². The van der Waals surface area contributed by atoms with Gasteiger partial charge in [-0.2, -0.15) is 0 Å². The minimum absolute atomic E-state index is 0.0798. The molecule has 1 aliphatic carbocycles. The monoisotopic (exact) mass is 349 g/mol. The van der Waals surface area contributed by atoms with Crippen molar-refractivity contribution in [2.75, 3.05) is 0 Å². The van der Waals surface area contributed by atoms with Gasteiger partial charge in [0.15, 0.2) is 0 Å². The highest BCUT2D eigenvalue weighted by Crippen LogP contribution is 2.42. The standard InChI is InChI=1S/C22H20ClNO/c1-14(25)11-21-20-13-17(23)8-7-16(20)12-19(15-5-3-2-4-6-15)18-9-10-24-22(18)21/h2-10,12-14,21,24-25H,11H2,1H3/t14?,21-/m1/s1. The minimum Gasteiger partial charge on any atom is -0.393 e. The number of rotatable bonds is 3. The third-order valence-electron chi connectivity index (χ3n) is 4.80. The molecule has 0 radical (unpaired) electrons. The molecule has 1 aliphatic rings. The summed E-state index contributed by atoms with van der Waals surface area (Å²) in [6.07, 6.45) is 4.46. The van der Waals surface area contributed by atoms with Gasteiger partial charge in [-0.1, -0.05) is 48.0 Å². The van der Waals surface area contributed by atoms with Gasteiger partial charge in [-0.25, -0.2) is 0 Å². The lowest BCUT2D eigenvalue weighted by molar-refractivity contribution is 0.178. The molecule has 0 saturated heterocycles. The number of halogens is 1. The molecule has 4 rings (SSSR count). The van der Waals surface area contributed by atoms with Gasteiger partial charge in [0.1, 0.15) is 0 Å². The first-order valence-corrected chi connectivity index (χ1v) is 8.93. The third kappa shape index (κ3) is 3.04. The van der Waals surface area contributed by atoms with E-state index < -0.39 is 6.10 Å². The number of aromatic nitrogens is 1. The van der Waals surface area contributed by atoms with E-state index in [0.29, 0.717) is 6.42 Å². The Morgan fingerprint density at radius 1 is 1.12 bits per heavy atom. The lowest BCUT2D eigenvalue weighted by Crippen LogP contribution is -2.12. The molecule has 0 saturated carbocycles. The number of hydrogen-bond acceptors (Lipinski definition) is 1. The van der Waals surface area contributed by atoms with E-state index in [1.807, 2.05) is 31.3 Å². The third-order valence-corrected chi connectivity index (χ3v) is 5.04. The van der Waals surface area contributed by atoms with Crippen LogP contribution in [0, 0.1) is 0 Å². The summed E-state index contributed by atoms with van der Waals surface area (Å²) in [7, 11) is 0. The van der Waals surface area contributed by atoms with Crippen molar-refractivity contribution in [3.8, 4) is 0 Å². The molecule has 0 bridgehead atoms. The summed E-state index contributed by atoms with van der Waals surface area (Å²) in [5.74, 6) is 0.0798. The molecule has 2 aromatic carbocycles. The Morgan fingerprint density at radius 3 is 2.68 bits per heavy atom. The van der Waals surface area contributed by atoms with Gasteiger partial charge in [0.2, 0.25) is 0 Å². The smallest absolute Gasteiger partial charge is 0.0521 e. The molecule has 126 valence electrons. The molecular formula is C22H20ClNO. The van der Waals surface area contributed by atoms with Gasteiger partial charge in [0.25, 0.3) is 0 Å². The summed E-state index contributed by atoms with van der Waals surface area (Å²) >= 11 is 6.29. The van der Waals surface area contributed by atoms with Crippen molar-refractivity contribution in [1.29, 1.82) is 0 Å². The first-order valence-electron chi connectivity index (χ1n) is 8.56. The number of aliphatic hydroxyl groups excluding tert-OH is 1. The minimum atomic E-state index is -0.397. The van der Waals surface area contributed by atoms with E-state index in [0.717, 1.165) is 21.8 Å². The molecule has 1 heterocycles. The second-order valence-corrected chi connectivity index (χ2v) is 7.08. The average Bonchev–Trinajstić information content (AvgIpc) is 3.04. The quantitative estimate of drug-likeness (QED) is 0.646. The second-order valence-electron chi connectivity index (χ2n) is 6.64. The highest BCUT2D eigenvalue weighted by atomic mass is 35.5. The van der Waals surface area contributed by atoms with Gasteiger partial charge in [0.05, 0.1) is 6.10 Å². The number of hydrogen-bond donors (Lipinski definition) is 2. The Morgan fingerprint density at radius 2 is 1.92 bits per heavy atom. The maximum Gasteiger partial charge on any atom is 0.0521 e. The van der Waals surface area contributed by atoms with Gasteiger partial charge in [-0.15, -0.1) is 0 Å². The molecule has 25 heavy (non-hydrogen) atoms. The molecule has 3 aromatic rings. The summed E-state index contributed by atoms with van der Waals surface area (Å²) in [4.78, 5) is 3.42. The van der Waals surface area contributed by atoms with E-state index in [1.54, 1.807) is 0 Å². The van der Waals surface area contributed by atoms with Gasteiger partial charge >= 0.3 is 0 Å². The lowest BCUT2D eigenvalue weighted by Gasteiger charge is -2.20. The molecule has 0 spiro atoms. The Hall–Kier alpha value is -2.29. The molecule has 1 aromatic heterocycles. The first kappa shape index (κ1) is 16.2. The number of aromatic amines is 1. The van der Waals surface area contributed by atoms with E-state index in [1.165, 1.54) is 16.7 Å². The van der Waals surface area contributed by atoms with Crippen LogP contribution in [0.3, 0.4) is 0 Å². The van der Waals surface area contributed by atoms with E-state index in [2.05, 4.69) is 47.5 Å². The summed E-state index contributed by atoms with van der Waals surface area (Å²) in [6.45, 7) is 1.84. The summed E-state index contributed by atoms with van der Waals surface area (Å²) in [5.41, 5.74) is 7.00. The number of H-pyrrole nitrogens is 1. The molecular weight excluding hydrogens is 330 g/mol. The van der Waals surface area contributed by atoms with Crippen LogP contribution in [0.4, 0.5) is 0 Å². The van der Waals surface area contributed by atoms with Gasteiger partial charge in [0, 0.05) is 28.4 Å². The predicted molar refractivity (Wildman–Crippen MR) is 104 cm³/mol. The molecule has 0 aliphatic heterocycles. The van der Waals surface area contributed by atoms with Gasteiger partial charge in [-0.3, -0.25) is 0 Å². The van der Waals surface area contributed by atoms with Crippen LogP contribution in [0.25, 0.3) is 11.6 Å². The molecule has 1 unspecified atom stereocenters. The Labute approximate surface area is 152 Å². The molecule has 2 atom stereocenters. The van der Waals surface area contributed by atoms with Crippen molar-refractivity contribution in [2.45, 2.75) is 25.4 Å². The summed E-state index contributed by atoms with van der Waals surface area (Å²) in [5, 5.41) is 10.8. The number of benzene rings is 2. The van der Waals surface area contributed by atoms with Crippen LogP contribution in [0.15, 0.2) is 60.8 Å². The van der Waals surface area contributed by atoms with Crippen LogP contribution >= 0.6 is 11.6 Å². The van der Waals surface area contributed by atoms with Crippen molar-refractivity contribution in [3.63, 3.8) is 0 Å². The van der Waals surface area contributed by atoms with Crippen LogP contribution in [0.2, 0.25) is 5.02 Å². The van der Waals surface area contributed by atoms with Gasteiger partial charge < -0.3 is 10.1 Å². The Kier molecular flexibility index (Phi) is 4.24. The van der Waals surface area contributed by atoms with Crippen molar-refractivity contribution < 1.29 is 5.11 Å². The fourth-order valence-corrected chi connectivity index (χ4v) is 3.90. The van der Waals surface area contributed by atoms with E-state index in [-0.39, 0.29) is 5.92 Å². The number of aliphatic hydroxyl groups is 1. The van der Waals surface area contributed by atoms with Crippen LogP contribution < -0.4 is 0 Å².